The Balaban J connectivity index is 1.92. The maximum atomic E-state index is 12.7. The van der Waals surface area contributed by atoms with Crippen molar-refractivity contribution in [2.75, 3.05) is 6.61 Å². The fourth-order valence-corrected chi connectivity index (χ4v) is 4.76. The summed E-state index contributed by atoms with van der Waals surface area (Å²) < 4.78 is 29.6. The fraction of sp³-hybridized carbons (Fsp3) is 0.190. The molecule has 32 heavy (non-hydrogen) atoms. The molecule has 0 saturated heterocycles. The number of carbonyl (C=O) groups is 1. The maximum Gasteiger partial charge on any atom is 0.329 e. The molecule has 0 spiro atoms. The van der Waals surface area contributed by atoms with Gasteiger partial charge in [-0.1, -0.05) is 41.7 Å². The van der Waals surface area contributed by atoms with Crippen LogP contribution < -0.4 is 5.14 Å². The molecule has 2 aromatic carbocycles. The average molecular weight is 492 g/mol. The van der Waals surface area contributed by atoms with Gasteiger partial charge in [0.25, 0.3) is 0 Å². The summed E-state index contributed by atoms with van der Waals surface area (Å²) >= 11 is 6.51. The zero-order valence-electron chi connectivity index (χ0n) is 17.0. The van der Waals surface area contributed by atoms with Crippen LogP contribution in [0, 0.1) is 3.95 Å². The first-order valence-corrected chi connectivity index (χ1v) is 12.3. The molecule has 0 aliphatic rings. The molecule has 0 saturated carbocycles. The number of aromatic hydroxyl groups is 1. The summed E-state index contributed by atoms with van der Waals surface area (Å²) in [6, 6.07) is 14.2. The van der Waals surface area contributed by atoms with E-state index in [1.54, 1.807) is 6.92 Å². The van der Waals surface area contributed by atoms with Crippen molar-refractivity contribution in [3.8, 4) is 5.88 Å². The van der Waals surface area contributed by atoms with E-state index in [0.717, 1.165) is 16.9 Å². The van der Waals surface area contributed by atoms with Crippen LogP contribution in [0.4, 0.5) is 5.69 Å². The van der Waals surface area contributed by atoms with Gasteiger partial charge in [-0.3, -0.25) is 9.56 Å². The first-order chi connectivity index (χ1) is 15.2. The van der Waals surface area contributed by atoms with Crippen LogP contribution in [0.1, 0.15) is 23.4 Å². The van der Waals surface area contributed by atoms with E-state index in [1.807, 2.05) is 30.3 Å². The number of ether oxygens (including phenoxy) is 1. The summed E-state index contributed by atoms with van der Waals surface area (Å²) in [6.07, 6.45) is 1.70. The number of aromatic nitrogens is 1. The highest BCUT2D eigenvalue weighted by atomic mass is 32.2. The van der Waals surface area contributed by atoms with Gasteiger partial charge in [-0.15, -0.1) is 0 Å². The van der Waals surface area contributed by atoms with Gasteiger partial charge >= 0.3 is 5.97 Å². The topological polar surface area (TPSA) is 124 Å². The lowest BCUT2D eigenvalue weighted by molar-refractivity contribution is -0.147. The van der Waals surface area contributed by atoms with Crippen molar-refractivity contribution in [2.45, 2.75) is 24.3 Å². The van der Waals surface area contributed by atoms with Crippen LogP contribution >= 0.6 is 23.6 Å². The van der Waals surface area contributed by atoms with Gasteiger partial charge in [0.1, 0.15) is 10.9 Å². The minimum absolute atomic E-state index is 0.0284. The molecule has 0 fully saturated rings. The van der Waals surface area contributed by atoms with Gasteiger partial charge in [0.05, 0.1) is 23.4 Å². The molecule has 0 aliphatic carbocycles. The lowest BCUT2D eigenvalue weighted by Crippen LogP contribution is -2.24. The molecule has 0 aliphatic heterocycles. The van der Waals surface area contributed by atoms with Gasteiger partial charge in [0.15, 0.2) is 3.95 Å². The number of aliphatic imine (C=N–C) groups is 1. The van der Waals surface area contributed by atoms with Gasteiger partial charge in [-0.25, -0.2) is 18.4 Å². The van der Waals surface area contributed by atoms with Crippen LogP contribution in [0.2, 0.25) is 0 Å². The summed E-state index contributed by atoms with van der Waals surface area (Å²) in [5.74, 6) is -0.693. The second-order valence-corrected chi connectivity index (χ2v) is 9.92. The first kappa shape index (κ1) is 23.8. The predicted molar refractivity (Wildman–Crippen MR) is 126 cm³/mol. The lowest BCUT2D eigenvalue weighted by Gasteiger charge is -2.18. The van der Waals surface area contributed by atoms with Crippen molar-refractivity contribution < 1.29 is 23.1 Å². The van der Waals surface area contributed by atoms with Crippen molar-refractivity contribution in [2.24, 2.45) is 10.1 Å². The van der Waals surface area contributed by atoms with E-state index in [2.05, 4.69) is 4.99 Å². The highest BCUT2D eigenvalue weighted by Gasteiger charge is 2.27. The zero-order valence-corrected chi connectivity index (χ0v) is 19.5. The van der Waals surface area contributed by atoms with E-state index in [4.69, 9.17) is 22.1 Å². The Morgan fingerprint density at radius 3 is 2.50 bits per heavy atom. The number of sulfonamides is 1. The molecule has 3 aromatic rings. The van der Waals surface area contributed by atoms with Crippen LogP contribution in [-0.4, -0.2) is 36.9 Å². The highest BCUT2D eigenvalue weighted by molar-refractivity contribution is 7.89. The van der Waals surface area contributed by atoms with E-state index < -0.39 is 22.0 Å². The molecule has 1 heterocycles. The summed E-state index contributed by atoms with van der Waals surface area (Å²) in [5.41, 5.74) is 1.34. The molecule has 0 radical (unpaired) electrons. The molecule has 8 nitrogen and oxygen atoms in total. The summed E-state index contributed by atoms with van der Waals surface area (Å²) in [5, 5.41) is 15.9. The minimum Gasteiger partial charge on any atom is -0.493 e. The molecule has 3 N–H and O–H groups in total. The van der Waals surface area contributed by atoms with E-state index in [9.17, 15) is 18.3 Å². The van der Waals surface area contributed by atoms with E-state index in [1.165, 1.54) is 35.0 Å². The molecule has 11 heteroatoms. The summed E-state index contributed by atoms with van der Waals surface area (Å²) in [6.45, 7) is 1.91. The molecule has 0 bridgehead atoms. The molecule has 0 amide bonds. The van der Waals surface area contributed by atoms with Gasteiger partial charge in [0.2, 0.25) is 15.9 Å². The Morgan fingerprint density at radius 1 is 1.25 bits per heavy atom. The van der Waals surface area contributed by atoms with E-state index in [-0.39, 0.29) is 17.4 Å². The SMILES string of the molecule is CCOC(=O)C(Cc1ccccc1)n1c(O)c(C=Nc2ccc(S(N)(=O)=O)cc2)sc1=S. The van der Waals surface area contributed by atoms with Gasteiger partial charge in [0, 0.05) is 6.42 Å². The maximum absolute atomic E-state index is 12.7. The second-order valence-electron chi connectivity index (χ2n) is 6.68. The standard InChI is InChI=1S/C21H21N3O5S3/c1-2-29-20(26)17(12-14-6-4-3-5-7-14)24-19(25)18(31-21(24)30)13-23-15-8-10-16(11-9-15)32(22,27)28/h3-11,13,17,25H,2,12H2,1H3,(H2,22,27,28). The van der Waals surface area contributed by atoms with Crippen molar-refractivity contribution in [3.05, 3.63) is 69.0 Å². The molecule has 1 aromatic heterocycles. The Hall–Kier alpha value is -2.86. The third-order valence-electron chi connectivity index (χ3n) is 4.48. The number of rotatable bonds is 8. The smallest absolute Gasteiger partial charge is 0.329 e. The number of carbonyl (C=O) groups excluding carboxylic acids is 1. The van der Waals surface area contributed by atoms with Crippen LogP contribution in [0.3, 0.4) is 0 Å². The van der Waals surface area contributed by atoms with Gasteiger partial charge in [-0.2, -0.15) is 0 Å². The number of thiazole rings is 1. The Bertz CT molecular complexity index is 1280. The first-order valence-electron chi connectivity index (χ1n) is 9.52. The number of hydrogen-bond donors (Lipinski definition) is 2. The molecular weight excluding hydrogens is 470 g/mol. The quantitative estimate of drug-likeness (QED) is 0.281. The van der Waals surface area contributed by atoms with Crippen LogP contribution in [0.25, 0.3) is 0 Å². The third kappa shape index (κ3) is 5.68. The van der Waals surface area contributed by atoms with Crippen molar-refractivity contribution in [1.29, 1.82) is 0 Å². The van der Waals surface area contributed by atoms with Crippen LogP contribution in [0.5, 0.6) is 5.88 Å². The normalized spacial score (nSPS) is 12.7. The van der Waals surface area contributed by atoms with Gasteiger partial charge < -0.3 is 9.84 Å². The summed E-state index contributed by atoms with van der Waals surface area (Å²) in [4.78, 5) is 17.2. The lowest BCUT2D eigenvalue weighted by atomic mass is 10.1. The number of nitrogens with zero attached hydrogens (tertiary/aromatic N) is 2. The monoisotopic (exact) mass is 491 g/mol. The molecule has 1 unspecified atom stereocenters. The zero-order chi connectivity index (χ0) is 23.3. The number of nitrogens with two attached hydrogens (primary N) is 1. The fourth-order valence-electron chi connectivity index (χ4n) is 2.96. The molecule has 3 rings (SSSR count). The second kappa shape index (κ2) is 10.2. The van der Waals surface area contributed by atoms with Crippen molar-refractivity contribution >= 4 is 51.4 Å². The Morgan fingerprint density at radius 2 is 1.91 bits per heavy atom. The van der Waals surface area contributed by atoms with Crippen molar-refractivity contribution in [1.82, 2.24) is 4.57 Å². The number of esters is 1. The predicted octanol–water partition coefficient (Wildman–Crippen LogP) is 3.73. The van der Waals surface area contributed by atoms with E-state index in [0.29, 0.717) is 20.9 Å². The summed E-state index contributed by atoms with van der Waals surface area (Å²) in [7, 11) is -3.79. The highest BCUT2D eigenvalue weighted by Crippen LogP contribution is 2.31. The van der Waals surface area contributed by atoms with E-state index >= 15 is 0 Å². The third-order valence-corrected chi connectivity index (χ3v) is 6.74. The van der Waals surface area contributed by atoms with Crippen LogP contribution in [-0.2, 0) is 26.0 Å². The molecule has 1 atom stereocenters. The van der Waals surface area contributed by atoms with Crippen LogP contribution in [0.15, 0.2) is 64.5 Å². The average Bonchev–Trinajstić information content (AvgIpc) is 3.04. The van der Waals surface area contributed by atoms with Crippen molar-refractivity contribution in [3.63, 3.8) is 0 Å². The number of benzene rings is 2. The minimum atomic E-state index is -3.79. The van der Waals surface area contributed by atoms with Gasteiger partial charge in [-0.05, 0) is 49.0 Å². The molecular formula is C21H21N3O5S3. The largest absolute Gasteiger partial charge is 0.493 e. The Kier molecular flexibility index (Phi) is 7.56. The Labute approximate surface area is 194 Å². The number of primary sulfonamides is 1. The number of hydrogen-bond acceptors (Lipinski definition) is 8. The molecule has 168 valence electrons.